The van der Waals surface area contributed by atoms with E-state index in [2.05, 4.69) is 11.0 Å². The van der Waals surface area contributed by atoms with Crippen LogP contribution in [0.2, 0.25) is 0 Å². The number of carbonyl (C=O) groups is 1. The van der Waals surface area contributed by atoms with Crippen LogP contribution in [0.3, 0.4) is 0 Å². The molecule has 1 amide bonds. The molecule has 0 spiro atoms. The number of nitrogens with zero attached hydrogens (tertiary/aromatic N) is 1. The van der Waals surface area contributed by atoms with Crippen LogP contribution in [0.1, 0.15) is 30.6 Å². The van der Waals surface area contributed by atoms with Crippen LogP contribution in [-0.4, -0.2) is 23.4 Å². The molecule has 0 radical (unpaired) electrons. The van der Waals surface area contributed by atoms with Gasteiger partial charge in [-0.15, -0.1) is 11.3 Å². The van der Waals surface area contributed by atoms with Gasteiger partial charge in [0.1, 0.15) is 0 Å². The Bertz CT molecular complexity index is 369. The van der Waals surface area contributed by atoms with E-state index in [1.54, 1.807) is 11.3 Å². The van der Waals surface area contributed by atoms with Gasteiger partial charge in [-0.25, -0.2) is 0 Å². The summed E-state index contributed by atoms with van der Waals surface area (Å²) in [7, 11) is 0. The van der Waals surface area contributed by atoms with Crippen LogP contribution in [0.5, 0.6) is 0 Å². The zero-order chi connectivity index (χ0) is 11.0. The molecule has 1 aliphatic carbocycles. The van der Waals surface area contributed by atoms with Crippen molar-refractivity contribution in [3.8, 4) is 0 Å². The maximum Gasteiger partial charge on any atom is 0.228 e. The standard InChI is InChI=1S/C13H17NOS/c15-13(9-11-3-2-8-16-11)14-7-1-4-12(14)10-5-6-10/h2-3,8,10,12H,1,4-7,9H2. The van der Waals surface area contributed by atoms with Crippen molar-refractivity contribution >= 4 is 17.2 Å². The second kappa shape index (κ2) is 4.21. The van der Waals surface area contributed by atoms with Gasteiger partial charge in [0.25, 0.3) is 0 Å². The largest absolute Gasteiger partial charge is 0.339 e. The Balaban J connectivity index is 1.65. The summed E-state index contributed by atoms with van der Waals surface area (Å²) < 4.78 is 0. The maximum absolute atomic E-state index is 12.2. The van der Waals surface area contributed by atoms with E-state index < -0.39 is 0 Å². The zero-order valence-corrected chi connectivity index (χ0v) is 10.2. The molecule has 0 aromatic carbocycles. The molecule has 3 rings (SSSR count). The van der Waals surface area contributed by atoms with Crippen molar-refractivity contribution in [1.82, 2.24) is 4.90 Å². The molecular weight excluding hydrogens is 218 g/mol. The number of amides is 1. The van der Waals surface area contributed by atoms with Crippen LogP contribution < -0.4 is 0 Å². The molecule has 1 aliphatic heterocycles. The predicted octanol–water partition coefficient (Wildman–Crippen LogP) is 2.69. The SMILES string of the molecule is O=C(Cc1cccs1)N1CCCC1C1CC1. The smallest absolute Gasteiger partial charge is 0.228 e. The summed E-state index contributed by atoms with van der Waals surface area (Å²) in [5, 5.41) is 2.05. The van der Waals surface area contributed by atoms with Crippen molar-refractivity contribution in [3.05, 3.63) is 22.4 Å². The third-order valence-electron chi connectivity index (χ3n) is 3.69. The van der Waals surface area contributed by atoms with Gasteiger partial charge in [0, 0.05) is 17.5 Å². The first-order chi connectivity index (χ1) is 7.84. The lowest BCUT2D eigenvalue weighted by Gasteiger charge is -2.24. The highest BCUT2D eigenvalue weighted by Crippen LogP contribution is 2.40. The van der Waals surface area contributed by atoms with E-state index >= 15 is 0 Å². The van der Waals surface area contributed by atoms with Crippen LogP contribution in [-0.2, 0) is 11.2 Å². The van der Waals surface area contributed by atoms with Crippen molar-refractivity contribution in [1.29, 1.82) is 0 Å². The Morgan fingerprint density at radius 2 is 2.31 bits per heavy atom. The number of rotatable bonds is 3. The first-order valence-corrected chi connectivity index (χ1v) is 7.04. The number of hydrogen-bond donors (Lipinski definition) is 0. The summed E-state index contributed by atoms with van der Waals surface area (Å²) >= 11 is 1.69. The lowest BCUT2D eigenvalue weighted by molar-refractivity contribution is -0.131. The highest BCUT2D eigenvalue weighted by Gasteiger charge is 2.39. The minimum atomic E-state index is 0.344. The Morgan fingerprint density at radius 1 is 1.44 bits per heavy atom. The predicted molar refractivity (Wildman–Crippen MR) is 65.5 cm³/mol. The fourth-order valence-electron chi connectivity index (χ4n) is 2.74. The Kier molecular flexibility index (Phi) is 2.72. The van der Waals surface area contributed by atoms with Gasteiger partial charge in [0.2, 0.25) is 5.91 Å². The van der Waals surface area contributed by atoms with Crippen molar-refractivity contribution in [3.63, 3.8) is 0 Å². The fourth-order valence-corrected chi connectivity index (χ4v) is 3.43. The van der Waals surface area contributed by atoms with Gasteiger partial charge in [-0.2, -0.15) is 0 Å². The van der Waals surface area contributed by atoms with Gasteiger partial charge < -0.3 is 4.90 Å². The monoisotopic (exact) mass is 235 g/mol. The quantitative estimate of drug-likeness (QED) is 0.789. The topological polar surface area (TPSA) is 20.3 Å². The highest BCUT2D eigenvalue weighted by atomic mass is 32.1. The van der Waals surface area contributed by atoms with E-state index in [4.69, 9.17) is 0 Å². The van der Waals surface area contributed by atoms with Crippen LogP contribution >= 0.6 is 11.3 Å². The van der Waals surface area contributed by atoms with E-state index in [9.17, 15) is 4.79 Å². The molecule has 2 aliphatic rings. The summed E-state index contributed by atoms with van der Waals surface area (Å²) in [5.74, 6) is 1.17. The molecular formula is C13H17NOS. The molecule has 3 heteroatoms. The molecule has 2 heterocycles. The molecule has 1 saturated heterocycles. The van der Waals surface area contributed by atoms with E-state index in [1.807, 2.05) is 11.4 Å². The normalized spacial score (nSPS) is 25.0. The van der Waals surface area contributed by atoms with Crippen LogP contribution in [0, 0.1) is 5.92 Å². The summed E-state index contributed by atoms with van der Waals surface area (Å²) in [4.78, 5) is 15.5. The van der Waals surface area contributed by atoms with Gasteiger partial charge in [0.15, 0.2) is 0 Å². The van der Waals surface area contributed by atoms with Crippen molar-refractivity contribution in [2.24, 2.45) is 5.92 Å². The molecule has 1 atom stereocenters. The van der Waals surface area contributed by atoms with E-state index in [-0.39, 0.29) is 0 Å². The number of thiophene rings is 1. The summed E-state index contributed by atoms with van der Waals surface area (Å²) in [6.45, 7) is 0.991. The number of carbonyl (C=O) groups excluding carboxylic acids is 1. The molecule has 0 N–H and O–H groups in total. The zero-order valence-electron chi connectivity index (χ0n) is 9.39. The third kappa shape index (κ3) is 2.01. The van der Waals surface area contributed by atoms with Crippen LogP contribution in [0.15, 0.2) is 17.5 Å². The van der Waals surface area contributed by atoms with Crippen LogP contribution in [0.25, 0.3) is 0 Å². The molecule has 86 valence electrons. The molecule has 1 aromatic heterocycles. The minimum absolute atomic E-state index is 0.344. The molecule has 1 saturated carbocycles. The summed E-state index contributed by atoms with van der Waals surface area (Å²) in [6.07, 6.45) is 5.74. The van der Waals surface area contributed by atoms with Gasteiger partial charge in [0.05, 0.1) is 6.42 Å². The number of likely N-dealkylation sites (tertiary alicyclic amines) is 1. The molecule has 2 nitrogen and oxygen atoms in total. The first kappa shape index (κ1) is 10.3. The lowest BCUT2D eigenvalue weighted by atomic mass is 10.1. The van der Waals surface area contributed by atoms with Gasteiger partial charge >= 0.3 is 0 Å². The Hall–Kier alpha value is -0.830. The van der Waals surface area contributed by atoms with Gasteiger partial charge in [-0.05, 0) is 43.0 Å². The molecule has 1 unspecified atom stereocenters. The van der Waals surface area contributed by atoms with Gasteiger partial charge in [-0.3, -0.25) is 4.79 Å². The molecule has 16 heavy (non-hydrogen) atoms. The number of hydrogen-bond acceptors (Lipinski definition) is 2. The summed E-state index contributed by atoms with van der Waals surface area (Å²) in [6, 6.07) is 4.66. The van der Waals surface area contributed by atoms with E-state index in [0.29, 0.717) is 18.4 Å². The highest BCUT2D eigenvalue weighted by molar-refractivity contribution is 7.10. The maximum atomic E-state index is 12.2. The van der Waals surface area contributed by atoms with Gasteiger partial charge in [-0.1, -0.05) is 6.07 Å². The minimum Gasteiger partial charge on any atom is -0.339 e. The van der Waals surface area contributed by atoms with Crippen LogP contribution in [0.4, 0.5) is 0 Å². The van der Waals surface area contributed by atoms with Crippen molar-refractivity contribution in [2.45, 2.75) is 38.1 Å². The lowest BCUT2D eigenvalue weighted by Crippen LogP contribution is -2.37. The molecule has 0 bridgehead atoms. The Morgan fingerprint density at radius 3 is 3.00 bits per heavy atom. The third-order valence-corrected chi connectivity index (χ3v) is 4.57. The molecule has 1 aromatic rings. The van der Waals surface area contributed by atoms with E-state index in [0.717, 1.165) is 12.5 Å². The second-order valence-corrected chi connectivity index (χ2v) is 5.92. The van der Waals surface area contributed by atoms with Crippen molar-refractivity contribution < 1.29 is 4.79 Å². The molecule has 2 fully saturated rings. The fraction of sp³-hybridized carbons (Fsp3) is 0.615. The van der Waals surface area contributed by atoms with Crippen molar-refractivity contribution in [2.75, 3.05) is 6.54 Å². The Labute approximate surface area is 100 Å². The average molecular weight is 235 g/mol. The van der Waals surface area contributed by atoms with E-state index in [1.165, 1.54) is 30.6 Å². The average Bonchev–Trinajstić information content (AvgIpc) is 2.82. The first-order valence-electron chi connectivity index (χ1n) is 6.16. The second-order valence-electron chi connectivity index (χ2n) is 4.89. The summed E-state index contributed by atoms with van der Waals surface area (Å²) in [5.41, 5.74) is 0.